The molecule has 0 saturated carbocycles. The summed E-state index contributed by atoms with van der Waals surface area (Å²) in [5.41, 5.74) is 3.55. The lowest BCUT2D eigenvalue weighted by atomic mass is 9.95. The SMILES string of the molecule is COc1ccc(C(=O)N2CCC[C@H](N3CCc4ccccc4C3)C2)cc1OC. The van der Waals surface area contributed by atoms with Gasteiger partial charge in [-0.25, -0.2) is 0 Å². The lowest BCUT2D eigenvalue weighted by molar-refractivity contribution is 0.0548. The summed E-state index contributed by atoms with van der Waals surface area (Å²) in [6, 6.07) is 14.5. The molecule has 2 aromatic rings. The van der Waals surface area contributed by atoms with Gasteiger partial charge in [-0.1, -0.05) is 24.3 Å². The molecule has 0 bridgehead atoms. The molecule has 0 N–H and O–H groups in total. The molecule has 0 spiro atoms. The Morgan fingerprint density at radius 2 is 1.79 bits per heavy atom. The van der Waals surface area contributed by atoms with Gasteiger partial charge in [0, 0.05) is 37.8 Å². The molecule has 5 nitrogen and oxygen atoms in total. The second kappa shape index (κ2) is 8.23. The zero-order chi connectivity index (χ0) is 19.5. The zero-order valence-electron chi connectivity index (χ0n) is 16.7. The van der Waals surface area contributed by atoms with Gasteiger partial charge in [-0.15, -0.1) is 0 Å². The summed E-state index contributed by atoms with van der Waals surface area (Å²) in [7, 11) is 3.20. The van der Waals surface area contributed by atoms with Gasteiger partial charge in [0.1, 0.15) is 0 Å². The van der Waals surface area contributed by atoms with E-state index in [1.807, 2.05) is 11.0 Å². The number of methoxy groups -OCH3 is 2. The average Bonchev–Trinajstić information content (AvgIpc) is 2.77. The second-order valence-corrected chi connectivity index (χ2v) is 7.61. The van der Waals surface area contributed by atoms with Crippen LogP contribution in [-0.4, -0.2) is 55.6 Å². The van der Waals surface area contributed by atoms with Gasteiger partial charge in [0.25, 0.3) is 5.91 Å². The fourth-order valence-corrected chi connectivity index (χ4v) is 4.42. The minimum atomic E-state index is 0.0723. The van der Waals surface area contributed by atoms with E-state index in [4.69, 9.17) is 9.47 Å². The number of carbonyl (C=O) groups is 1. The summed E-state index contributed by atoms with van der Waals surface area (Å²) in [6.45, 7) is 3.66. The number of fused-ring (bicyclic) bond motifs is 1. The zero-order valence-corrected chi connectivity index (χ0v) is 16.7. The fraction of sp³-hybridized carbons (Fsp3) is 0.435. The molecule has 0 radical (unpaired) electrons. The van der Waals surface area contributed by atoms with Gasteiger partial charge in [-0.2, -0.15) is 0 Å². The van der Waals surface area contributed by atoms with E-state index in [2.05, 4.69) is 29.2 Å². The predicted octanol–water partition coefficient (Wildman–Crippen LogP) is 3.37. The molecule has 2 aromatic carbocycles. The summed E-state index contributed by atoms with van der Waals surface area (Å²) < 4.78 is 10.6. The van der Waals surface area contributed by atoms with Crippen LogP contribution in [0.5, 0.6) is 11.5 Å². The third-order valence-electron chi connectivity index (χ3n) is 5.99. The van der Waals surface area contributed by atoms with Gasteiger partial charge in [-0.05, 0) is 48.6 Å². The summed E-state index contributed by atoms with van der Waals surface area (Å²) in [4.78, 5) is 17.7. The maximum Gasteiger partial charge on any atom is 0.254 e. The number of amides is 1. The van der Waals surface area contributed by atoms with Crippen molar-refractivity contribution in [3.05, 3.63) is 59.2 Å². The average molecular weight is 380 g/mol. The van der Waals surface area contributed by atoms with Crippen LogP contribution in [0, 0.1) is 0 Å². The Hall–Kier alpha value is -2.53. The highest BCUT2D eigenvalue weighted by Crippen LogP contribution is 2.29. The van der Waals surface area contributed by atoms with Crippen LogP contribution in [0.15, 0.2) is 42.5 Å². The first-order valence-electron chi connectivity index (χ1n) is 10.0. The van der Waals surface area contributed by atoms with Crippen molar-refractivity contribution in [2.24, 2.45) is 0 Å². The predicted molar refractivity (Wildman–Crippen MR) is 109 cm³/mol. The first-order valence-corrected chi connectivity index (χ1v) is 10.0. The maximum atomic E-state index is 13.1. The Morgan fingerprint density at radius 3 is 2.57 bits per heavy atom. The molecule has 1 atom stereocenters. The maximum absolute atomic E-state index is 13.1. The Bertz CT molecular complexity index is 851. The normalized spacial score (nSPS) is 19.8. The number of rotatable bonds is 4. The molecular weight excluding hydrogens is 352 g/mol. The van der Waals surface area contributed by atoms with Crippen LogP contribution < -0.4 is 9.47 Å². The minimum Gasteiger partial charge on any atom is -0.493 e. The van der Waals surface area contributed by atoms with Crippen molar-refractivity contribution in [3.63, 3.8) is 0 Å². The summed E-state index contributed by atoms with van der Waals surface area (Å²) in [6.07, 6.45) is 3.29. The monoisotopic (exact) mass is 380 g/mol. The number of benzene rings is 2. The topological polar surface area (TPSA) is 42.0 Å². The first-order chi connectivity index (χ1) is 13.7. The number of hydrogen-bond donors (Lipinski definition) is 0. The molecule has 5 heteroatoms. The van der Waals surface area contributed by atoms with Crippen molar-refractivity contribution in [1.29, 1.82) is 0 Å². The fourth-order valence-electron chi connectivity index (χ4n) is 4.42. The molecule has 2 aliphatic rings. The molecule has 1 saturated heterocycles. The van der Waals surface area contributed by atoms with Crippen LogP contribution in [0.4, 0.5) is 0 Å². The Balaban J connectivity index is 1.46. The van der Waals surface area contributed by atoms with Crippen LogP contribution in [0.3, 0.4) is 0 Å². The van der Waals surface area contributed by atoms with Gasteiger partial charge in [-0.3, -0.25) is 9.69 Å². The number of carbonyl (C=O) groups excluding carboxylic acids is 1. The highest BCUT2D eigenvalue weighted by Gasteiger charge is 2.30. The summed E-state index contributed by atoms with van der Waals surface area (Å²) in [5.74, 6) is 1.31. The molecule has 0 aromatic heterocycles. The van der Waals surface area contributed by atoms with E-state index in [0.29, 0.717) is 23.1 Å². The second-order valence-electron chi connectivity index (χ2n) is 7.61. The molecule has 0 aliphatic carbocycles. The third-order valence-corrected chi connectivity index (χ3v) is 5.99. The van der Waals surface area contributed by atoms with Gasteiger partial charge < -0.3 is 14.4 Å². The molecule has 0 unspecified atom stereocenters. The van der Waals surface area contributed by atoms with Gasteiger partial charge in [0.2, 0.25) is 0 Å². The van der Waals surface area contributed by atoms with Crippen molar-refractivity contribution in [3.8, 4) is 11.5 Å². The first kappa shape index (κ1) is 18.8. The van der Waals surface area contributed by atoms with E-state index in [-0.39, 0.29) is 5.91 Å². The molecular formula is C23H28N2O3. The van der Waals surface area contributed by atoms with E-state index in [1.54, 1.807) is 26.4 Å². The Kier molecular flexibility index (Phi) is 5.53. The molecule has 1 fully saturated rings. The van der Waals surface area contributed by atoms with E-state index in [1.165, 1.54) is 11.1 Å². The number of piperidine rings is 1. The highest BCUT2D eigenvalue weighted by molar-refractivity contribution is 5.95. The van der Waals surface area contributed by atoms with Crippen LogP contribution in [0.2, 0.25) is 0 Å². The lowest BCUT2D eigenvalue weighted by Crippen LogP contribution is -2.51. The highest BCUT2D eigenvalue weighted by atomic mass is 16.5. The van der Waals surface area contributed by atoms with Crippen LogP contribution in [0.25, 0.3) is 0 Å². The molecule has 4 rings (SSSR count). The van der Waals surface area contributed by atoms with Crippen molar-refractivity contribution in [1.82, 2.24) is 9.80 Å². The number of likely N-dealkylation sites (tertiary alicyclic amines) is 1. The Labute approximate surface area is 166 Å². The number of nitrogens with zero attached hydrogens (tertiary/aromatic N) is 2. The van der Waals surface area contributed by atoms with E-state index >= 15 is 0 Å². The largest absolute Gasteiger partial charge is 0.493 e. The summed E-state index contributed by atoms with van der Waals surface area (Å²) in [5, 5.41) is 0. The number of hydrogen-bond acceptors (Lipinski definition) is 4. The molecule has 2 heterocycles. The molecule has 1 amide bonds. The summed E-state index contributed by atoms with van der Waals surface area (Å²) >= 11 is 0. The lowest BCUT2D eigenvalue weighted by Gasteiger charge is -2.41. The van der Waals surface area contributed by atoms with Crippen LogP contribution >= 0.6 is 0 Å². The van der Waals surface area contributed by atoms with Crippen molar-refractivity contribution in [2.45, 2.75) is 31.8 Å². The van der Waals surface area contributed by atoms with Crippen molar-refractivity contribution < 1.29 is 14.3 Å². The molecule has 28 heavy (non-hydrogen) atoms. The van der Waals surface area contributed by atoms with Crippen LogP contribution in [-0.2, 0) is 13.0 Å². The smallest absolute Gasteiger partial charge is 0.254 e. The van der Waals surface area contributed by atoms with Gasteiger partial charge in [0.15, 0.2) is 11.5 Å². The van der Waals surface area contributed by atoms with Crippen molar-refractivity contribution >= 4 is 5.91 Å². The standard InChI is InChI=1S/C23H28N2O3/c1-27-21-10-9-18(14-22(21)28-2)23(26)25-12-5-8-20(16-25)24-13-11-17-6-3-4-7-19(17)15-24/h3-4,6-7,9-10,14,20H,5,8,11-13,15-16H2,1-2H3/t20-/m0/s1. The quantitative estimate of drug-likeness (QED) is 0.816. The van der Waals surface area contributed by atoms with Gasteiger partial charge >= 0.3 is 0 Å². The number of ether oxygens (including phenoxy) is 2. The van der Waals surface area contributed by atoms with E-state index < -0.39 is 0 Å². The van der Waals surface area contributed by atoms with E-state index in [0.717, 1.165) is 45.4 Å². The van der Waals surface area contributed by atoms with Crippen molar-refractivity contribution in [2.75, 3.05) is 33.9 Å². The molecule has 2 aliphatic heterocycles. The van der Waals surface area contributed by atoms with Gasteiger partial charge in [0.05, 0.1) is 14.2 Å². The molecule has 148 valence electrons. The minimum absolute atomic E-state index is 0.0723. The van der Waals surface area contributed by atoms with E-state index in [9.17, 15) is 4.79 Å². The Morgan fingerprint density at radius 1 is 1.00 bits per heavy atom. The van der Waals surface area contributed by atoms with Crippen LogP contribution in [0.1, 0.15) is 34.3 Å². The third kappa shape index (κ3) is 3.72.